The fraction of sp³-hybridized carbons (Fsp3) is 0.593. The van der Waals surface area contributed by atoms with Gasteiger partial charge in [-0.3, -0.25) is 9.59 Å². The average Bonchev–Trinajstić information content (AvgIpc) is 3.25. The summed E-state index contributed by atoms with van der Waals surface area (Å²) in [5.41, 5.74) is 3.05. The van der Waals surface area contributed by atoms with Crippen LogP contribution in [-0.2, 0) is 4.79 Å². The zero-order valence-electron chi connectivity index (χ0n) is 21.4. The van der Waals surface area contributed by atoms with Gasteiger partial charge in [-0.2, -0.15) is 0 Å². The number of aryl methyl sites for hydroxylation is 2. The second-order valence-corrected chi connectivity index (χ2v) is 10.4. The zero-order chi connectivity index (χ0) is 24.7. The molecule has 1 saturated heterocycles. The Labute approximate surface area is 208 Å². The lowest BCUT2D eigenvalue weighted by Gasteiger charge is -2.34. The summed E-state index contributed by atoms with van der Waals surface area (Å²) in [6.07, 6.45) is 2.71. The number of carbonyl (C=O) groups is 2. The second-order valence-electron chi connectivity index (χ2n) is 9.39. The molecule has 2 heterocycles. The summed E-state index contributed by atoms with van der Waals surface area (Å²) in [6, 6.07) is 8.26. The predicted octanol–water partition coefficient (Wildman–Crippen LogP) is 4.76. The van der Waals surface area contributed by atoms with Crippen LogP contribution in [0.4, 0.5) is 0 Å². The highest BCUT2D eigenvalue weighted by molar-refractivity contribution is 7.17. The van der Waals surface area contributed by atoms with Crippen molar-refractivity contribution in [1.29, 1.82) is 0 Å². The first kappa shape index (κ1) is 26.4. The van der Waals surface area contributed by atoms with Gasteiger partial charge >= 0.3 is 0 Å². The quantitative estimate of drug-likeness (QED) is 0.494. The third-order valence-corrected chi connectivity index (χ3v) is 8.28. The van der Waals surface area contributed by atoms with Crippen LogP contribution in [-0.4, -0.2) is 65.9 Å². The number of benzene rings is 1. The van der Waals surface area contributed by atoms with Crippen LogP contribution in [0.3, 0.4) is 0 Å². The van der Waals surface area contributed by atoms with Crippen LogP contribution >= 0.6 is 11.3 Å². The van der Waals surface area contributed by atoms with Gasteiger partial charge in [0.25, 0.3) is 5.91 Å². The lowest BCUT2D eigenvalue weighted by atomic mass is 9.84. The van der Waals surface area contributed by atoms with Crippen molar-refractivity contribution in [1.82, 2.24) is 20.1 Å². The molecule has 0 radical (unpaired) electrons. The lowest BCUT2D eigenvalue weighted by molar-refractivity contribution is -0.126. The maximum atomic E-state index is 13.2. The summed E-state index contributed by atoms with van der Waals surface area (Å²) in [4.78, 5) is 35.6. The molecule has 1 aliphatic heterocycles. The van der Waals surface area contributed by atoms with Crippen LogP contribution in [0.25, 0.3) is 10.6 Å². The minimum atomic E-state index is -0.0241. The highest BCUT2D eigenvalue weighted by atomic mass is 32.1. The summed E-state index contributed by atoms with van der Waals surface area (Å²) in [6.45, 7) is 15.6. The smallest absolute Gasteiger partial charge is 0.265 e. The van der Waals surface area contributed by atoms with Crippen LogP contribution in [0.2, 0.25) is 0 Å². The Kier molecular flexibility index (Phi) is 9.65. The normalized spacial score (nSPS) is 15.5. The molecular weight excluding hydrogens is 444 g/mol. The van der Waals surface area contributed by atoms with Crippen molar-refractivity contribution in [2.24, 2.45) is 11.8 Å². The maximum absolute atomic E-state index is 13.2. The van der Waals surface area contributed by atoms with Crippen molar-refractivity contribution in [3.05, 3.63) is 40.4 Å². The minimum Gasteiger partial charge on any atom is -0.356 e. The Hall–Kier alpha value is -2.25. The van der Waals surface area contributed by atoms with Gasteiger partial charge in [0.1, 0.15) is 9.88 Å². The Bertz CT molecular complexity index is 944. The number of hydrogen-bond acceptors (Lipinski definition) is 5. The molecule has 0 saturated carbocycles. The molecular formula is C27H40N4O2S. The maximum Gasteiger partial charge on any atom is 0.265 e. The van der Waals surface area contributed by atoms with Gasteiger partial charge in [0, 0.05) is 31.1 Å². The third-order valence-electron chi connectivity index (χ3n) is 7.08. The molecule has 1 aromatic heterocycles. The molecule has 0 bridgehead atoms. The van der Waals surface area contributed by atoms with Gasteiger partial charge in [-0.05, 0) is 58.7 Å². The molecule has 34 heavy (non-hydrogen) atoms. The average molecular weight is 485 g/mol. The van der Waals surface area contributed by atoms with E-state index >= 15 is 0 Å². The molecule has 0 unspecified atom stereocenters. The van der Waals surface area contributed by atoms with Crippen LogP contribution in [0, 0.1) is 25.7 Å². The molecule has 1 atom stereocenters. The Morgan fingerprint density at radius 2 is 1.79 bits per heavy atom. The van der Waals surface area contributed by atoms with Crippen molar-refractivity contribution in [3.8, 4) is 10.6 Å². The van der Waals surface area contributed by atoms with Gasteiger partial charge in [-0.1, -0.05) is 50.6 Å². The van der Waals surface area contributed by atoms with Gasteiger partial charge in [0.2, 0.25) is 5.91 Å². The molecule has 6 nitrogen and oxygen atoms in total. The number of nitrogens with zero attached hydrogens (tertiary/aromatic N) is 3. The number of piperidine rings is 1. The SMILES string of the molecule is CCN(CC)CCCNC(=O)[C@@H](C)C1CCN(C(=O)c2sc(-c3ccc(C)cc3)nc2C)CC1. The van der Waals surface area contributed by atoms with E-state index in [2.05, 4.69) is 60.2 Å². The van der Waals surface area contributed by atoms with E-state index in [4.69, 9.17) is 0 Å². The Morgan fingerprint density at radius 3 is 2.41 bits per heavy atom. The molecule has 1 aliphatic rings. The van der Waals surface area contributed by atoms with Gasteiger partial charge in [-0.15, -0.1) is 11.3 Å². The molecule has 1 N–H and O–H groups in total. The van der Waals surface area contributed by atoms with Crippen LogP contribution in [0.5, 0.6) is 0 Å². The number of aromatic nitrogens is 1. The van der Waals surface area contributed by atoms with Gasteiger partial charge < -0.3 is 15.1 Å². The van der Waals surface area contributed by atoms with Crippen LogP contribution < -0.4 is 5.32 Å². The molecule has 7 heteroatoms. The highest BCUT2D eigenvalue weighted by Gasteiger charge is 2.31. The van der Waals surface area contributed by atoms with Crippen molar-refractivity contribution in [2.75, 3.05) is 39.3 Å². The number of hydrogen-bond donors (Lipinski definition) is 1. The molecule has 2 aromatic rings. The van der Waals surface area contributed by atoms with Gasteiger partial charge in [0.05, 0.1) is 5.69 Å². The van der Waals surface area contributed by atoms with E-state index < -0.39 is 0 Å². The zero-order valence-corrected chi connectivity index (χ0v) is 22.2. The first-order valence-electron chi connectivity index (χ1n) is 12.7. The topological polar surface area (TPSA) is 65.5 Å². The fourth-order valence-corrected chi connectivity index (χ4v) is 5.63. The predicted molar refractivity (Wildman–Crippen MR) is 140 cm³/mol. The molecule has 0 aliphatic carbocycles. The summed E-state index contributed by atoms with van der Waals surface area (Å²) in [5.74, 6) is 0.507. The van der Waals surface area contributed by atoms with Gasteiger partial charge in [-0.25, -0.2) is 4.98 Å². The molecule has 0 spiro atoms. The number of thiazole rings is 1. The van der Waals surface area contributed by atoms with E-state index in [-0.39, 0.29) is 17.7 Å². The van der Waals surface area contributed by atoms with E-state index in [1.165, 1.54) is 16.9 Å². The van der Waals surface area contributed by atoms with Crippen LogP contribution in [0.1, 0.15) is 61.0 Å². The number of nitrogens with one attached hydrogen (secondary N) is 1. The van der Waals surface area contributed by atoms with Crippen LogP contribution in [0.15, 0.2) is 24.3 Å². The monoisotopic (exact) mass is 484 g/mol. The van der Waals surface area contributed by atoms with Gasteiger partial charge in [0.15, 0.2) is 0 Å². The number of rotatable bonds is 10. The standard InChI is InChI=1S/C27H40N4O2S/c1-6-30(7-2)16-8-15-28-25(32)20(4)22-13-17-31(18-14-22)27(33)24-21(5)29-26(34-24)23-11-9-19(3)10-12-23/h9-12,20,22H,6-8,13-18H2,1-5H3,(H,28,32)/t20-/m0/s1. The number of amides is 2. The Morgan fingerprint density at radius 1 is 1.15 bits per heavy atom. The lowest BCUT2D eigenvalue weighted by Crippen LogP contribution is -2.43. The molecule has 3 rings (SSSR count). The van der Waals surface area contributed by atoms with Crippen molar-refractivity contribution in [2.45, 2.75) is 53.9 Å². The van der Waals surface area contributed by atoms with E-state index in [0.29, 0.717) is 19.0 Å². The molecule has 1 fully saturated rings. The molecule has 186 valence electrons. The van der Waals surface area contributed by atoms with Crippen molar-refractivity contribution in [3.63, 3.8) is 0 Å². The third kappa shape index (κ3) is 6.66. The van der Waals surface area contributed by atoms with E-state index in [1.807, 2.05) is 18.7 Å². The largest absolute Gasteiger partial charge is 0.356 e. The Balaban J connectivity index is 1.49. The van der Waals surface area contributed by atoms with Crippen molar-refractivity contribution >= 4 is 23.2 Å². The highest BCUT2D eigenvalue weighted by Crippen LogP contribution is 2.31. The number of carbonyl (C=O) groups excluding carboxylic acids is 2. The summed E-state index contributed by atoms with van der Waals surface area (Å²) in [7, 11) is 0. The summed E-state index contributed by atoms with van der Waals surface area (Å²) in [5, 5.41) is 4.01. The van der Waals surface area contributed by atoms with E-state index in [9.17, 15) is 9.59 Å². The first-order valence-corrected chi connectivity index (χ1v) is 13.5. The summed E-state index contributed by atoms with van der Waals surface area (Å²) < 4.78 is 0. The second kappa shape index (κ2) is 12.5. The molecule has 1 aromatic carbocycles. The summed E-state index contributed by atoms with van der Waals surface area (Å²) >= 11 is 1.48. The van der Waals surface area contributed by atoms with E-state index in [0.717, 1.165) is 66.6 Å². The number of likely N-dealkylation sites (tertiary alicyclic amines) is 1. The minimum absolute atomic E-state index is 0.0241. The van der Waals surface area contributed by atoms with Crippen molar-refractivity contribution < 1.29 is 9.59 Å². The fourth-order valence-electron chi connectivity index (χ4n) is 4.59. The van der Waals surface area contributed by atoms with E-state index in [1.54, 1.807) is 0 Å². The first-order chi connectivity index (χ1) is 16.3. The molecule has 2 amide bonds.